The fourth-order valence-electron chi connectivity index (χ4n) is 3.40. The normalized spacial score (nSPS) is 19.5. The van der Waals surface area contributed by atoms with E-state index in [4.69, 9.17) is 4.98 Å². The Bertz CT molecular complexity index is 721. The van der Waals surface area contributed by atoms with Gasteiger partial charge < -0.3 is 4.57 Å². The molecule has 1 aliphatic heterocycles. The molecule has 5 heteroatoms. The first-order valence-electron chi connectivity index (χ1n) is 8.42. The van der Waals surface area contributed by atoms with Crippen molar-refractivity contribution in [1.82, 2.24) is 14.5 Å². The monoisotopic (exact) mass is 329 g/mol. The first-order chi connectivity index (χ1) is 11.2. The summed E-state index contributed by atoms with van der Waals surface area (Å²) in [6, 6.07) is 9.77. The highest BCUT2D eigenvalue weighted by Gasteiger charge is 2.31. The van der Waals surface area contributed by atoms with Gasteiger partial charge in [0.05, 0.1) is 16.5 Å². The van der Waals surface area contributed by atoms with Crippen LogP contribution in [-0.2, 0) is 30.8 Å². The zero-order valence-corrected chi connectivity index (χ0v) is 14.4. The maximum absolute atomic E-state index is 12.4. The van der Waals surface area contributed by atoms with Crippen LogP contribution in [0.4, 0.5) is 0 Å². The van der Waals surface area contributed by atoms with Crippen LogP contribution in [0.2, 0.25) is 0 Å². The maximum Gasteiger partial charge on any atom is 0.112 e. The van der Waals surface area contributed by atoms with Crippen LogP contribution in [0.1, 0.15) is 36.0 Å². The van der Waals surface area contributed by atoms with Gasteiger partial charge in [-0.1, -0.05) is 18.2 Å². The van der Waals surface area contributed by atoms with Crippen molar-refractivity contribution in [3.05, 3.63) is 47.5 Å². The van der Waals surface area contributed by atoms with Gasteiger partial charge in [0.15, 0.2) is 0 Å². The minimum absolute atomic E-state index is 0.696. The summed E-state index contributed by atoms with van der Waals surface area (Å²) in [7, 11) is 1.26. The summed E-state index contributed by atoms with van der Waals surface area (Å²) in [6.45, 7) is 2.82. The van der Waals surface area contributed by atoms with Crippen LogP contribution in [0.3, 0.4) is 0 Å². The molecular formula is C18H23N3OS. The molecule has 0 N–H and O–H groups in total. The van der Waals surface area contributed by atoms with E-state index in [1.165, 1.54) is 30.1 Å². The number of nitrogens with zero attached hydrogens (tertiary/aromatic N) is 3. The van der Waals surface area contributed by atoms with Crippen LogP contribution in [0.25, 0.3) is 0 Å². The van der Waals surface area contributed by atoms with Crippen LogP contribution >= 0.6 is 0 Å². The molecule has 4 rings (SSSR count). The minimum Gasteiger partial charge on any atom is -0.335 e. The highest BCUT2D eigenvalue weighted by Crippen LogP contribution is 2.40. The lowest BCUT2D eigenvalue weighted by Crippen LogP contribution is -2.34. The summed E-state index contributed by atoms with van der Waals surface area (Å²) >= 11 is 0. The molecular weight excluding hydrogens is 306 g/mol. The Kier molecular flexibility index (Phi) is 4.07. The molecule has 2 aliphatic rings. The Morgan fingerprint density at radius 3 is 2.78 bits per heavy atom. The number of aromatic nitrogens is 2. The molecule has 122 valence electrons. The Balaban J connectivity index is 1.39. The van der Waals surface area contributed by atoms with Gasteiger partial charge in [-0.25, -0.2) is 4.98 Å². The summed E-state index contributed by atoms with van der Waals surface area (Å²) in [4.78, 5) is 8.22. The zero-order valence-electron chi connectivity index (χ0n) is 13.6. The van der Waals surface area contributed by atoms with E-state index in [0.717, 1.165) is 31.0 Å². The Morgan fingerprint density at radius 2 is 2.04 bits per heavy atom. The van der Waals surface area contributed by atoms with Gasteiger partial charge in [0, 0.05) is 55.4 Å². The van der Waals surface area contributed by atoms with Crippen LogP contribution in [-0.4, -0.2) is 37.5 Å². The molecule has 1 aliphatic carbocycles. The summed E-state index contributed by atoms with van der Waals surface area (Å²) in [5.74, 6) is 2.68. The van der Waals surface area contributed by atoms with E-state index in [-0.39, 0.29) is 0 Å². The Hall–Kier alpha value is -1.46. The quantitative estimate of drug-likeness (QED) is 0.846. The lowest BCUT2D eigenvalue weighted by Gasteiger charge is -2.26. The lowest BCUT2D eigenvalue weighted by molar-refractivity contribution is 0.263. The predicted octanol–water partition coefficient (Wildman–Crippen LogP) is 2.46. The van der Waals surface area contributed by atoms with Crippen molar-refractivity contribution in [2.45, 2.75) is 36.6 Å². The number of rotatable bonds is 5. The standard InChI is InChI=1S/C18H23N3OS/c1-20-17-9-10-21(13-16(17)19-18(20)14-7-8-14)11-12-23(22)15-5-3-2-4-6-15/h2-6,14H,7-13H2,1H3/t23-/m0/s1. The molecule has 0 unspecified atom stereocenters. The topological polar surface area (TPSA) is 38.1 Å². The second-order valence-corrected chi connectivity index (χ2v) is 8.16. The van der Waals surface area contributed by atoms with E-state index in [0.29, 0.717) is 11.7 Å². The van der Waals surface area contributed by atoms with E-state index < -0.39 is 10.8 Å². The molecule has 2 heterocycles. The molecule has 0 bridgehead atoms. The van der Waals surface area contributed by atoms with Crippen LogP contribution in [0, 0.1) is 0 Å². The van der Waals surface area contributed by atoms with Gasteiger partial charge in [-0.05, 0) is 25.0 Å². The van der Waals surface area contributed by atoms with E-state index in [1.807, 2.05) is 30.3 Å². The van der Waals surface area contributed by atoms with Crippen molar-refractivity contribution in [3.8, 4) is 0 Å². The van der Waals surface area contributed by atoms with Gasteiger partial charge in [0.2, 0.25) is 0 Å². The van der Waals surface area contributed by atoms with Crippen molar-refractivity contribution in [2.24, 2.45) is 7.05 Å². The van der Waals surface area contributed by atoms with E-state index in [2.05, 4.69) is 16.5 Å². The van der Waals surface area contributed by atoms with Gasteiger partial charge in [-0.3, -0.25) is 9.11 Å². The highest BCUT2D eigenvalue weighted by molar-refractivity contribution is 7.85. The van der Waals surface area contributed by atoms with Crippen molar-refractivity contribution in [1.29, 1.82) is 0 Å². The molecule has 2 aromatic rings. The average molecular weight is 329 g/mol. The first kappa shape index (κ1) is 15.1. The van der Waals surface area contributed by atoms with E-state index in [9.17, 15) is 4.21 Å². The maximum atomic E-state index is 12.4. The molecule has 1 fully saturated rings. The smallest absolute Gasteiger partial charge is 0.112 e. The van der Waals surface area contributed by atoms with Crippen LogP contribution in [0.5, 0.6) is 0 Å². The Labute approximate surface area is 140 Å². The average Bonchev–Trinajstić information content (AvgIpc) is 3.38. The number of imidazole rings is 1. The van der Waals surface area contributed by atoms with E-state index in [1.54, 1.807) is 0 Å². The first-order valence-corrected chi connectivity index (χ1v) is 9.74. The molecule has 0 radical (unpaired) electrons. The lowest BCUT2D eigenvalue weighted by atomic mass is 10.1. The molecule has 0 amide bonds. The second-order valence-electron chi connectivity index (χ2n) is 6.59. The molecule has 1 saturated carbocycles. The fourth-order valence-corrected chi connectivity index (χ4v) is 4.52. The number of hydrogen-bond donors (Lipinski definition) is 0. The molecule has 0 spiro atoms. The summed E-state index contributed by atoms with van der Waals surface area (Å²) in [6.07, 6.45) is 3.65. The van der Waals surface area contributed by atoms with Gasteiger partial charge >= 0.3 is 0 Å². The second kappa shape index (κ2) is 6.21. The van der Waals surface area contributed by atoms with Gasteiger partial charge in [-0.15, -0.1) is 0 Å². The van der Waals surface area contributed by atoms with Crippen molar-refractivity contribution in [2.75, 3.05) is 18.8 Å². The SMILES string of the molecule is Cn1c(C2CC2)nc2c1CCN(CC[S@](=O)c1ccccc1)C2. The van der Waals surface area contributed by atoms with Crippen LogP contribution in [0.15, 0.2) is 35.2 Å². The van der Waals surface area contributed by atoms with Gasteiger partial charge in [0.1, 0.15) is 5.82 Å². The number of hydrogen-bond acceptors (Lipinski definition) is 3. The van der Waals surface area contributed by atoms with Crippen LogP contribution < -0.4 is 0 Å². The minimum atomic E-state index is -0.907. The third kappa shape index (κ3) is 3.12. The van der Waals surface area contributed by atoms with Gasteiger partial charge in [0.25, 0.3) is 0 Å². The predicted molar refractivity (Wildman–Crippen MR) is 91.9 cm³/mol. The molecule has 23 heavy (non-hydrogen) atoms. The number of fused-ring (bicyclic) bond motifs is 1. The van der Waals surface area contributed by atoms with E-state index >= 15 is 0 Å². The largest absolute Gasteiger partial charge is 0.335 e. The fraction of sp³-hybridized carbons (Fsp3) is 0.500. The molecule has 0 saturated heterocycles. The Morgan fingerprint density at radius 1 is 1.26 bits per heavy atom. The summed E-state index contributed by atoms with van der Waals surface area (Å²) in [5.41, 5.74) is 2.65. The molecule has 1 atom stereocenters. The number of benzene rings is 1. The van der Waals surface area contributed by atoms with Crippen molar-refractivity contribution in [3.63, 3.8) is 0 Å². The van der Waals surface area contributed by atoms with Crippen molar-refractivity contribution >= 4 is 10.8 Å². The molecule has 4 nitrogen and oxygen atoms in total. The molecule has 1 aromatic carbocycles. The van der Waals surface area contributed by atoms with Gasteiger partial charge in [-0.2, -0.15) is 0 Å². The summed E-state index contributed by atoms with van der Waals surface area (Å²) < 4.78 is 14.7. The zero-order chi connectivity index (χ0) is 15.8. The van der Waals surface area contributed by atoms with Crippen molar-refractivity contribution < 1.29 is 4.21 Å². The third-order valence-electron chi connectivity index (χ3n) is 4.91. The molecule has 1 aromatic heterocycles. The summed E-state index contributed by atoms with van der Waals surface area (Å²) in [5, 5.41) is 0. The third-order valence-corrected chi connectivity index (χ3v) is 6.26. The highest BCUT2D eigenvalue weighted by atomic mass is 32.2.